The summed E-state index contributed by atoms with van der Waals surface area (Å²) in [5.41, 5.74) is 0.591. The number of benzene rings is 2. The topological polar surface area (TPSA) is 58.6 Å². The normalized spacial score (nSPS) is 18.0. The summed E-state index contributed by atoms with van der Waals surface area (Å²) >= 11 is 0. The van der Waals surface area contributed by atoms with Crippen molar-refractivity contribution >= 4 is 22.6 Å². The van der Waals surface area contributed by atoms with Gasteiger partial charge in [-0.25, -0.2) is 0 Å². The lowest BCUT2D eigenvalue weighted by molar-refractivity contribution is -0.139. The number of carbonyl (C=O) groups is 2. The largest absolute Gasteiger partial charge is 0.383 e. The molecule has 1 N–H and O–H groups in total. The highest BCUT2D eigenvalue weighted by Gasteiger charge is 2.33. The number of likely N-dealkylation sites (tertiary alicyclic amines) is 1. The number of piperidine rings is 1. The minimum atomic E-state index is -0.503. The van der Waals surface area contributed by atoms with E-state index in [9.17, 15) is 9.59 Å². The molecule has 0 aromatic heterocycles. The second-order valence-corrected chi connectivity index (χ2v) is 7.71. The van der Waals surface area contributed by atoms with Gasteiger partial charge in [-0.1, -0.05) is 42.5 Å². The van der Waals surface area contributed by atoms with Crippen molar-refractivity contribution in [2.45, 2.75) is 32.2 Å². The number of ether oxygens (including phenoxy) is 1. The minimum absolute atomic E-state index is 0.00264. The van der Waals surface area contributed by atoms with Gasteiger partial charge in [0.25, 0.3) is 0 Å². The molecule has 0 aliphatic carbocycles. The van der Waals surface area contributed by atoms with Crippen LogP contribution in [0.5, 0.6) is 0 Å². The number of hydrogen-bond acceptors (Lipinski definition) is 3. The van der Waals surface area contributed by atoms with E-state index in [4.69, 9.17) is 4.74 Å². The summed E-state index contributed by atoms with van der Waals surface area (Å²) < 4.78 is 5.07. The van der Waals surface area contributed by atoms with E-state index in [2.05, 4.69) is 29.6 Å². The fourth-order valence-corrected chi connectivity index (χ4v) is 3.79. The molecule has 1 fully saturated rings. The molecule has 2 aromatic carbocycles. The average molecular weight is 368 g/mol. The van der Waals surface area contributed by atoms with Gasteiger partial charge in [0.15, 0.2) is 0 Å². The number of fused-ring (bicyclic) bond motifs is 1. The second kappa shape index (κ2) is 8.09. The standard InChI is InChI=1S/C22H28N2O3/c1-22(2,19-10-6-8-16-7-4-5-9-18(16)19)23-21(26)17-11-12-20(25)24(15-17)13-14-27-3/h4-10,17H,11-15H2,1-3H3,(H,23,26). The van der Waals surface area contributed by atoms with E-state index >= 15 is 0 Å². The van der Waals surface area contributed by atoms with E-state index in [0.717, 1.165) is 16.3 Å². The Hall–Kier alpha value is -2.40. The zero-order chi connectivity index (χ0) is 19.4. The number of carbonyl (C=O) groups excluding carboxylic acids is 2. The third-order valence-corrected chi connectivity index (χ3v) is 5.33. The zero-order valence-corrected chi connectivity index (χ0v) is 16.3. The van der Waals surface area contributed by atoms with Crippen LogP contribution >= 0.6 is 0 Å². The molecule has 0 spiro atoms. The Balaban J connectivity index is 1.75. The molecule has 27 heavy (non-hydrogen) atoms. The van der Waals surface area contributed by atoms with Gasteiger partial charge >= 0.3 is 0 Å². The fraction of sp³-hybridized carbons (Fsp3) is 0.455. The average Bonchev–Trinajstić information content (AvgIpc) is 2.66. The Kier molecular flexibility index (Phi) is 5.80. The van der Waals surface area contributed by atoms with Gasteiger partial charge in [-0.2, -0.15) is 0 Å². The summed E-state index contributed by atoms with van der Waals surface area (Å²) in [5, 5.41) is 5.52. The molecule has 1 unspecified atom stereocenters. The lowest BCUT2D eigenvalue weighted by Gasteiger charge is -2.35. The maximum atomic E-state index is 13.0. The van der Waals surface area contributed by atoms with Crippen LogP contribution in [0.2, 0.25) is 0 Å². The first-order valence-corrected chi connectivity index (χ1v) is 9.49. The summed E-state index contributed by atoms with van der Waals surface area (Å²) in [6.07, 6.45) is 1.01. The molecule has 1 aliphatic heterocycles. The monoisotopic (exact) mass is 368 g/mol. The molecule has 0 bridgehead atoms. The summed E-state index contributed by atoms with van der Waals surface area (Å²) in [4.78, 5) is 26.8. The van der Waals surface area contributed by atoms with Crippen LogP contribution in [0, 0.1) is 5.92 Å². The highest BCUT2D eigenvalue weighted by atomic mass is 16.5. The Morgan fingerprint density at radius 2 is 1.96 bits per heavy atom. The van der Waals surface area contributed by atoms with Crippen LogP contribution in [0.4, 0.5) is 0 Å². The van der Waals surface area contributed by atoms with E-state index < -0.39 is 5.54 Å². The van der Waals surface area contributed by atoms with E-state index in [0.29, 0.717) is 32.5 Å². The highest BCUT2D eigenvalue weighted by Crippen LogP contribution is 2.29. The molecule has 0 radical (unpaired) electrons. The molecule has 2 amide bonds. The predicted octanol–water partition coefficient (Wildman–Crippen LogP) is 3.08. The van der Waals surface area contributed by atoms with Crippen molar-refractivity contribution in [3.8, 4) is 0 Å². The molecule has 1 saturated heterocycles. The Morgan fingerprint density at radius 1 is 1.22 bits per heavy atom. The molecule has 2 aromatic rings. The van der Waals surface area contributed by atoms with E-state index in [-0.39, 0.29) is 17.7 Å². The van der Waals surface area contributed by atoms with Crippen molar-refractivity contribution in [1.29, 1.82) is 0 Å². The minimum Gasteiger partial charge on any atom is -0.383 e. The van der Waals surface area contributed by atoms with Crippen LogP contribution in [0.3, 0.4) is 0 Å². The molecule has 5 nitrogen and oxygen atoms in total. The lowest BCUT2D eigenvalue weighted by atomic mass is 9.88. The smallest absolute Gasteiger partial charge is 0.225 e. The Labute approximate surface area is 160 Å². The molecule has 1 heterocycles. The summed E-state index contributed by atoms with van der Waals surface area (Å²) in [6.45, 7) is 5.54. The molecule has 144 valence electrons. The van der Waals surface area contributed by atoms with Crippen molar-refractivity contribution in [1.82, 2.24) is 10.2 Å². The lowest BCUT2D eigenvalue weighted by Crippen LogP contribution is -2.50. The summed E-state index contributed by atoms with van der Waals surface area (Å²) in [5.74, 6) is -0.0823. The first-order valence-electron chi connectivity index (χ1n) is 9.49. The highest BCUT2D eigenvalue weighted by molar-refractivity contribution is 5.88. The van der Waals surface area contributed by atoms with Gasteiger partial charge in [-0.05, 0) is 36.6 Å². The molecule has 0 saturated carbocycles. The van der Waals surface area contributed by atoms with Gasteiger partial charge < -0.3 is 15.0 Å². The number of methoxy groups -OCH3 is 1. The molecule has 5 heteroatoms. The van der Waals surface area contributed by atoms with Crippen LogP contribution in [0.15, 0.2) is 42.5 Å². The van der Waals surface area contributed by atoms with Crippen LogP contribution in [0.1, 0.15) is 32.3 Å². The first kappa shape index (κ1) is 19.4. The molecule has 1 atom stereocenters. The quantitative estimate of drug-likeness (QED) is 0.852. The molecular weight excluding hydrogens is 340 g/mol. The van der Waals surface area contributed by atoms with Gasteiger partial charge in [-0.15, -0.1) is 0 Å². The van der Waals surface area contributed by atoms with Crippen molar-refractivity contribution in [2.24, 2.45) is 5.92 Å². The third-order valence-electron chi connectivity index (χ3n) is 5.33. The number of nitrogens with zero attached hydrogens (tertiary/aromatic N) is 1. The third kappa shape index (κ3) is 4.30. The van der Waals surface area contributed by atoms with Crippen LogP contribution in [0.25, 0.3) is 10.8 Å². The maximum absolute atomic E-state index is 13.0. The van der Waals surface area contributed by atoms with Gasteiger partial charge in [0.05, 0.1) is 18.1 Å². The number of nitrogens with one attached hydrogen (secondary N) is 1. The molecule has 3 rings (SSSR count). The SMILES string of the molecule is COCCN1CC(C(=O)NC(C)(C)c2cccc3ccccc23)CCC1=O. The molecule has 1 aliphatic rings. The van der Waals surface area contributed by atoms with Crippen LogP contribution in [-0.4, -0.2) is 43.5 Å². The van der Waals surface area contributed by atoms with Crippen LogP contribution in [-0.2, 0) is 19.9 Å². The summed E-state index contributed by atoms with van der Waals surface area (Å²) in [7, 11) is 1.62. The predicted molar refractivity (Wildman–Crippen MR) is 106 cm³/mol. The fourth-order valence-electron chi connectivity index (χ4n) is 3.79. The number of hydrogen-bond donors (Lipinski definition) is 1. The maximum Gasteiger partial charge on any atom is 0.225 e. The Morgan fingerprint density at radius 3 is 2.74 bits per heavy atom. The number of rotatable bonds is 6. The first-order chi connectivity index (χ1) is 12.9. The summed E-state index contributed by atoms with van der Waals surface area (Å²) in [6, 6.07) is 14.4. The van der Waals surface area contributed by atoms with E-state index in [1.165, 1.54) is 0 Å². The van der Waals surface area contributed by atoms with Gasteiger partial charge in [-0.3, -0.25) is 9.59 Å². The zero-order valence-electron chi connectivity index (χ0n) is 16.3. The van der Waals surface area contributed by atoms with E-state index in [1.54, 1.807) is 12.0 Å². The van der Waals surface area contributed by atoms with Gasteiger partial charge in [0.2, 0.25) is 11.8 Å². The van der Waals surface area contributed by atoms with Crippen molar-refractivity contribution in [2.75, 3.05) is 26.8 Å². The Bertz CT molecular complexity index is 826. The molecular formula is C22H28N2O3. The second-order valence-electron chi connectivity index (χ2n) is 7.71. The van der Waals surface area contributed by atoms with E-state index in [1.807, 2.05) is 32.0 Å². The van der Waals surface area contributed by atoms with Crippen molar-refractivity contribution in [3.63, 3.8) is 0 Å². The van der Waals surface area contributed by atoms with Crippen molar-refractivity contribution in [3.05, 3.63) is 48.0 Å². The number of amides is 2. The van der Waals surface area contributed by atoms with Crippen molar-refractivity contribution < 1.29 is 14.3 Å². The van der Waals surface area contributed by atoms with Crippen LogP contribution < -0.4 is 5.32 Å². The van der Waals surface area contributed by atoms with Gasteiger partial charge in [0, 0.05) is 26.6 Å². The van der Waals surface area contributed by atoms with Gasteiger partial charge in [0.1, 0.15) is 0 Å².